The molecule has 2 rings (SSSR count). The zero-order valence-corrected chi connectivity index (χ0v) is 16.5. The molecule has 3 atom stereocenters. The van der Waals surface area contributed by atoms with Gasteiger partial charge in [-0.1, -0.05) is 50.7 Å². The number of benzene rings is 1. The molecule has 0 amide bonds. The molecular formula is C15H21BrClIN2O. The second kappa shape index (κ2) is 7.81. The molecule has 1 aliphatic heterocycles. The summed E-state index contributed by atoms with van der Waals surface area (Å²) in [5, 5.41) is 14.2. The molecule has 1 saturated heterocycles. The van der Waals surface area contributed by atoms with Crippen LogP contribution in [0.1, 0.15) is 18.9 Å². The molecule has 0 radical (unpaired) electrons. The van der Waals surface area contributed by atoms with Crippen molar-refractivity contribution in [3.05, 3.63) is 29.8 Å². The minimum Gasteiger partial charge on any atom is -0.391 e. The molecule has 3 nitrogen and oxygen atoms in total. The number of halogens is 3. The van der Waals surface area contributed by atoms with Gasteiger partial charge in [-0.25, -0.2) is 0 Å². The van der Waals surface area contributed by atoms with Gasteiger partial charge in [0.2, 0.25) is 0 Å². The summed E-state index contributed by atoms with van der Waals surface area (Å²) >= 11 is 12.3. The maximum atomic E-state index is 9.95. The van der Waals surface area contributed by atoms with Crippen molar-refractivity contribution in [2.75, 3.05) is 29.9 Å². The van der Waals surface area contributed by atoms with Crippen LogP contribution in [0.25, 0.3) is 0 Å². The number of piperazine rings is 1. The van der Waals surface area contributed by atoms with Gasteiger partial charge in [0.15, 0.2) is 0 Å². The van der Waals surface area contributed by atoms with Gasteiger partial charge in [0.1, 0.15) is 2.88 Å². The molecule has 0 saturated carbocycles. The summed E-state index contributed by atoms with van der Waals surface area (Å²) in [6.07, 6.45) is 0.515. The molecule has 0 aliphatic carbocycles. The van der Waals surface area contributed by atoms with Gasteiger partial charge in [-0.2, -0.15) is 0 Å². The second-order valence-electron chi connectivity index (χ2n) is 5.40. The van der Waals surface area contributed by atoms with Crippen LogP contribution < -0.4 is 10.2 Å². The van der Waals surface area contributed by atoms with Crippen molar-refractivity contribution in [2.45, 2.75) is 28.4 Å². The van der Waals surface area contributed by atoms with E-state index in [0.717, 1.165) is 42.6 Å². The van der Waals surface area contributed by atoms with E-state index in [1.807, 2.05) is 6.92 Å². The number of aliphatic hydroxyl groups excluding tert-OH is 1. The van der Waals surface area contributed by atoms with E-state index in [1.165, 1.54) is 0 Å². The van der Waals surface area contributed by atoms with Crippen LogP contribution in [0.5, 0.6) is 0 Å². The monoisotopic (exact) mass is 486 g/mol. The van der Waals surface area contributed by atoms with Crippen LogP contribution in [0.15, 0.2) is 24.3 Å². The van der Waals surface area contributed by atoms with Crippen molar-refractivity contribution in [3.63, 3.8) is 0 Å². The van der Waals surface area contributed by atoms with E-state index in [-0.39, 0.29) is 15.0 Å². The average molecular weight is 488 g/mol. The number of rotatable bonds is 5. The molecule has 1 heterocycles. The Morgan fingerprint density at radius 2 is 2.19 bits per heavy atom. The number of nitrogens with zero attached hydrogens (tertiary/aromatic N) is 1. The van der Waals surface area contributed by atoms with E-state index in [0.29, 0.717) is 0 Å². The first-order valence-corrected chi connectivity index (χ1v) is 9.73. The molecule has 2 N–H and O–H groups in total. The molecule has 118 valence electrons. The van der Waals surface area contributed by atoms with E-state index in [1.54, 1.807) is 0 Å². The minimum atomic E-state index is -0.368. The Morgan fingerprint density at radius 3 is 2.76 bits per heavy atom. The predicted octanol–water partition coefficient (Wildman–Crippen LogP) is 3.46. The molecule has 0 bridgehead atoms. The fraction of sp³-hybridized carbons (Fsp3) is 0.600. The minimum absolute atomic E-state index is 0.118. The zero-order valence-electron chi connectivity index (χ0n) is 12.0. The lowest BCUT2D eigenvalue weighted by Crippen LogP contribution is -2.56. The highest BCUT2D eigenvalue weighted by atomic mass is 127. The molecule has 6 heteroatoms. The summed E-state index contributed by atoms with van der Waals surface area (Å²) in [5.74, 6) is 0. The lowest BCUT2D eigenvalue weighted by molar-refractivity contribution is 0.151. The van der Waals surface area contributed by atoms with E-state index in [2.05, 4.69) is 73.0 Å². The van der Waals surface area contributed by atoms with Gasteiger partial charge in [0.25, 0.3) is 0 Å². The Kier molecular flexibility index (Phi) is 6.62. The molecule has 21 heavy (non-hydrogen) atoms. The highest BCUT2D eigenvalue weighted by Gasteiger charge is 2.28. The van der Waals surface area contributed by atoms with E-state index < -0.39 is 0 Å². The number of alkyl halides is 3. The van der Waals surface area contributed by atoms with Gasteiger partial charge in [0, 0.05) is 30.7 Å². The smallest absolute Gasteiger partial charge is 0.121 e. The van der Waals surface area contributed by atoms with Gasteiger partial charge < -0.3 is 15.3 Å². The van der Waals surface area contributed by atoms with E-state index in [9.17, 15) is 5.11 Å². The lowest BCUT2D eigenvalue weighted by atomic mass is 10.0. The van der Waals surface area contributed by atoms with Crippen molar-refractivity contribution in [1.82, 2.24) is 5.32 Å². The molecular weight excluding hydrogens is 466 g/mol. The van der Waals surface area contributed by atoms with E-state index >= 15 is 0 Å². The van der Waals surface area contributed by atoms with E-state index in [4.69, 9.17) is 11.6 Å². The molecule has 0 aromatic heterocycles. The van der Waals surface area contributed by atoms with Crippen molar-refractivity contribution in [2.24, 2.45) is 0 Å². The summed E-state index contributed by atoms with van der Waals surface area (Å²) in [5.41, 5.74) is 2.27. The first kappa shape index (κ1) is 17.8. The Labute approximate surface area is 153 Å². The Bertz CT molecular complexity index is 455. The van der Waals surface area contributed by atoms with Gasteiger partial charge in [-0.05, 0) is 31.0 Å². The standard InChI is InChI=1S/C15H21BrClIN2O/c1-11(21)14-10-19-8-9-20(14)13-4-2-12(3-5-13)15(17,18)6-7-16/h2-5,11,14,19,21H,6-10H2,1H3. The Hall–Kier alpha value is 0.440. The maximum absolute atomic E-state index is 9.95. The first-order valence-electron chi connectivity index (χ1n) is 7.15. The third-order valence-electron chi connectivity index (χ3n) is 3.87. The summed E-state index contributed by atoms with van der Waals surface area (Å²) in [7, 11) is 0. The summed E-state index contributed by atoms with van der Waals surface area (Å²) in [4.78, 5) is 2.28. The van der Waals surface area contributed by atoms with Crippen LogP contribution in [0, 0.1) is 0 Å². The van der Waals surface area contributed by atoms with Crippen LogP contribution in [0.2, 0.25) is 0 Å². The Balaban J connectivity index is 2.17. The fourth-order valence-corrected chi connectivity index (χ4v) is 5.05. The highest BCUT2D eigenvalue weighted by molar-refractivity contribution is 14.1. The summed E-state index contributed by atoms with van der Waals surface area (Å²) in [6.45, 7) is 4.52. The molecule has 1 fully saturated rings. The van der Waals surface area contributed by atoms with Gasteiger partial charge in [-0.15, -0.1) is 11.6 Å². The number of hydrogen-bond donors (Lipinski definition) is 2. The predicted molar refractivity (Wildman–Crippen MR) is 102 cm³/mol. The molecule has 1 aromatic rings. The van der Waals surface area contributed by atoms with Crippen molar-refractivity contribution in [1.29, 1.82) is 0 Å². The van der Waals surface area contributed by atoms with Crippen molar-refractivity contribution >= 4 is 55.8 Å². The van der Waals surface area contributed by atoms with Crippen molar-refractivity contribution in [3.8, 4) is 0 Å². The second-order valence-corrected chi connectivity index (χ2v) is 9.31. The number of hydrogen-bond acceptors (Lipinski definition) is 3. The Morgan fingerprint density at radius 1 is 1.52 bits per heavy atom. The lowest BCUT2D eigenvalue weighted by Gasteiger charge is -2.39. The van der Waals surface area contributed by atoms with Crippen molar-refractivity contribution < 1.29 is 5.11 Å². The molecule has 1 aromatic carbocycles. The highest BCUT2D eigenvalue weighted by Crippen LogP contribution is 2.41. The number of nitrogens with one attached hydrogen (secondary N) is 1. The fourth-order valence-electron chi connectivity index (χ4n) is 2.64. The topological polar surface area (TPSA) is 35.5 Å². The van der Waals surface area contributed by atoms with Crippen LogP contribution in [0.4, 0.5) is 5.69 Å². The summed E-state index contributed by atoms with van der Waals surface area (Å²) < 4.78 is -0.368. The average Bonchev–Trinajstić information content (AvgIpc) is 2.47. The number of aliphatic hydroxyl groups is 1. The number of anilines is 1. The maximum Gasteiger partial charge on any atom is 0.121 e. The zero-order chi connectivity index (χ0) is 15.5. The molecule has 1 aliphatic rings. The first-order chi connectivity index (χ1) is 9.95. The SMILES string of the molecule is CC(O)C1CNCCN1c1ccc(C(Cl)(I)CCBr)cc1. The molecule has 0 spiro atoms. The molecule has 3 unspecified atom stereocenters. The normalized spacial score (nSPS) is 23.7. The van der Waals surface area contributed by atoms with Crippen LogP contribution in [0.3, 0.4) is 0 Å². The van der Waals surface area contributed by atoms with Gasteiger partial charge in [-0.3, -0.25) is 0 Å². The van der Waals surface area contributed by atoms with Gasteiger partial charge in [0.05, 0.1) is 12.1 Å². The van der Waals surface area contributed by atoms with Gasteiger partial charge >= 0.3 is 0 Å². The van der Waals surface area contributed by atoms with Crippen LogP contribution >= 0.6 is 50.1 Å². The van der Waals surface area contributed by atoms with Crippen LogP contribution in [-0.4, -0.2) is 42.2 Å². The quantitative estimate of drug-likeness (QED) is 0.493. The third kappa shape index (κ3) is 4.47. The third-order valence-corrected chi connectivity index (χ3v) is 5.84. The summed E-state index contributed by atoms with van der Waals surface area (Å²) in [6, 6.07) is 8.53. The largest absolute Gasteiger partial charge is 0.391 e. The van der Waals surface area contributed by atoms with Crippen LogP contribution in [-0.2, 0) is 2.88 Å².